The van der Waals surface area contributed by atoms with Crippen LogP contribution in [0.15, 0.2) is 18.7 Å². The molecule has 8 bridgehead atoms. The lowest BCUT2D eigenvalue weighted by molar-refractivity contribution is -0.776. The SMILES string of the molecule is Br.Br.c1c[n+](C23CC4CC(CC(C4)C2)C3)cn1C12CC3CC(CC(C3)C1)C2. The molecule has 27 heavy (non-hydrogen) atoms. The van der Waals surface area contributed by atoms with Gasteiger partial charge in [0.15, 0.2) is 0 Å². The molecular formula is C23H35Br2N2+. The molecule has 0 aliphatic heterocycles. The van der Waals surface area contributed by atoms with Crippen molar-refractivity contribution in [2.24, 2.45) is 35.5 Å². The van der Waals surface area contributed by atoms with Crippen LogP contribution in [0.5, 0.6) is 0 Å². The summed E-state index contributed by atoms with van der Waals surface area (Å²) in [7, 11) is 0. The molecule has 9 rings (SSSR count). The molecule has 1 heterocycles. The van der Waals surface area contributed by atoms with Crippen molar-refractivity contribution in [2.75, 3.05) is 0 Å². The van der Waals surface area contributed by atoms with E-state index >= 15 is 0 Å². The smallest absolute Gasteiger partial charge is 0.231 e. The van der Waals surface area contributed by atoms with E-state index in [4.69, 9.17) is 0 Å². The van der Waals surface area contributed by atoms with E-state index in [1.807, 2.05) is 0 Å². The molecular weight excluding hydrogens is 464 g/mol. The molecule has 0 unspecified atom stereocenters. The highest BCUT2D eigenvalue weighted by atomic mass is 79.9. The van der Waals surface area contributed by atoms with Crippen LogP contribution in [-0.4, -0.2) is 4.57 Å². The minimum Gasteiger partial charge on any atom is -0.231 e. The van der Waals surface area contributed by atoms with Gasteiger partial charge in [-0.3, -0.25) is 0 Å². The van der Waals surface area contributed by atoms with E-state index in [-0.39, 0.29) is 34.0 Å². The first-order valence-corrected chi connectivity index (χ1v) is 11.3. The Balaban J connectivity index is 0.000000801. The predicted octanol–water partition coefficient (Wildman–Crippen LogP) is 5.78. The first-order chi connectivity index (χ1) is 12.2. The Bertz CT molecular complexity index is 595. The predicted molar refractivity (Wildman–Crippen MR) is 118 cm³/mol. The summed E-state index contributed by atoms with van der Waals surface area (Å²) in [6.45, 7) is 0. The van der Waals surface area contributed by atoms with Crippen molar-refractivity contribution in [3.8, 4) is 0 Å². The van der Waals surface area contributed by atoms with Gasteiger partial charge < -0.3 is 0 Å². The van der Waals surface area contributed by atoms with Crippen molar-refractivity contribution >= 4 is 34.0 Å². The maximum absolute atomic E-state index is 2.73. The normalized spacial score (nSPS) is 51.1. The molecule has 0 N–H and O–H groups in total. The Hall–Kier alpha value is 0.170. The fourth-order valence-corrected chi connectivity index (χ4v) is 9.68. The summed E-state index contributed by atoms with van der Waals surface area (Å²) in [5.41, 5.74) is 1.00. The van der Waals surface area contributed by atoms with Crippen molar-refractivity contribution in [2.45, 2.75) is 88.1 Å². The first kappa shape index (κ1) is 19.2. The highest BCUT2D eigenvalue weighted by Gasteiger charge is 2.57. The molecule has 8 aliphatic carbocycles. The number of aromatic nitrogens is 2. The largest absolute Gasteiger partial charge is 0.244 e. The standard InChI is InChI=1S/C23H33N2.2BrH/c1-2-25(23-12-19-6-20(13-23)8-21(7-19)14-23)15-24(1)22-9-16-3-17(10-22)5-18(4-16)11-22;;/h1-2,15-21H,3-14H2;2*1H/q+1;;. The topological polar surface area (TPSA) is 8.81 Å². The number of halogens is 2. The number of nitrogens with zero attached hydrogens (tertiary/aromatic N) is 2. The monoisotopic (exact) mass is 497 g/mol. The number of hydrogen-bond donors (Lipinski definition) is 0. The van der Waals surface area contributed by atoms with Gasteiger partial charge in [0.25, 0.3) is 0 Å². The Kier molecular flexibility index (Phi) is 4.49. The van der Waals surface area contributed by atoms with Crippen LogP contribution >= 0.6 is 34.0 Å². The van der Waals surface area contributed by atoms with Gasteiger partial charge in [0.1, 0.15) is 23.5 Å². The Morgan fingerprint density at radius 3 is 1.48 bits per heavy atom. The van der Waals surface area contributed by atoms with Crippen LogP contribution in [0.4, 0.5) is 0 Å². The minimum absolute atomic E-state index is 0. The van der Waals surface area contributed by atoms with Gasteiger partial charge in [-0.05, 0) is 113 Å². The third-order valence-electron chi connectivity index (χ3n) is 9.74. The van der Waals surface area contributed by atoms with Crippen molar-refractivity contribution in [3.05, 3.63) is 18.7 Å². The summed E-state index contributed by atoms with van der Waals surface area (Å²) in [4.78, 5) is 0. The second kappa shape index (κ2) is 6.33. The Morgan fingerprint density at radius 1 is 0.630 bits per heavy atom. The lowest BCUT2D eigenvalue weighted by Crippen LogP contribution is -2.64. The van der Waals surface area contributed by atoms with Crippen LogP contribution in [0.1, 0.15) is 77.0 Å². The molecule has 0 atom stereocenters. The van der Waals surface area contributed by atoms with Crippen molar-refractivity contribution in [3.63, 3.8) is 0 Å². The summed E-state index contributed by atoms with van der Waals surface area (Å²) >= 11 is 0. The van der Waals surface area contributed by atoms with E-state index in [9.17, 15) is 0 Å². The Morgan fingerprint density at radius 2 is 1.04 bits per heavy atom. The summed E-state index contributed by atoms with van der Waals surface area (Å²) < 4.78 is 5.46. The van der Waals surface area contributed by atoms with Gasteiger partial charge in [0.05, 0.1) is 0 Å². The first-order valence-electron chi connectivity index (χ1n) is 11.3. The zero-order valence-electron chi connectivity index (χ0n) is 16.4. The second-order valence-corrected chi connectivity index (χ2v) is 11.5. The molecule has 1 aromatic rings. The van der Waals surface area contributed by atoms with Gasteiger partial charge >= 0.3 is 0 Å². The molecule has 0 radical (unpaired) electrons. The second-order valence-electron chi connectivity index (χ2n) is 11.5. The molecule has 8 aliphatic rings. The number of hydrogen-bond acceptors (Lipinski definition) is 0. The summed E-state index contributed by atoms with van der Waals surface area (Å²) in [6.07, 6.45) is 25.8. The van der Waals surface area contributed by atoms with Gasteiger partial charge in [0, 0.05) is 0 Å². The van der Waals surface area contributed by atoms with E-state index in [1.54, 1.807) is 38.5 Å². The van der Waals surface area contributed by atoms with Crippen molar-refractivity contribution in [1.82, 2.24) is 4.57 Å². The number of imidazole rings is 1. The lowest BCUT2D eigenvalue weighted by Gasteiger charge is -2.55. The van der Waals surface area contributed by atoms with E-state index in [1.165, 1.54) is 38.5 Å². The van der Waals surface area contributed by atoms with Crippen molar-refractivity contribution in [1.29, 1.82) is 0 Å². The van der Waals surface area contributed by atoms with E-state index in [0.717, 1.165) is 35.5 Å². The fraction of sp³-hybridized carbons (Fsp3) is 0.870. The maximum atomic E-state index is 2.73. The van der Waals surface area contributed by atoms with E-state index in [0.29, 0.717) is 11.1 Å². The van der Waals surface area contributed by atoms with Crippen LogP contribution in [0.25, 0.3) is 0 Å². The molecule has 0 saturated heterocycles. The third-order valence-corrected chi connectivity index (χ3v) is 9.74. The third kappa shape index (κ3) is 2.71. The average molecular weight is 499 g/mol. The van der Waals surface area contributed by atoms with Gasteiger partial charge in [-0.2, -0.15) is 0 Å². The molecule has 0 amide bonds. The molecule has 8 saturated carbocycles. The zero-order valence-corrected chi connectivity index (χ0v) is 19.8. The molecule has 150 valence electrons. The van der Waals surface area contributed by atoms with E-state index < -0.39 is 0 Å². The van der Waals surface area contributed by atoms with Crippen molar-refractivity contribution < 1.29 is 4.57 Å². The van der Waals surface area contributed by atoms with Crippen LogP contribution < -0.4 is 4.57 Å². The Labute approximate surface area is 185 Å². The quantitative estimate of drug-likeness (QED) is 0.457. The zero-order chi connectivity index (χ0) is 16.2. The van der Waals surface area contributed by atoms with Crippen LogP contribution in [-0.2, 0) is 11.1 Å². The highest BCUT2D eigenvalue weighted by Crippen LogP contribution is 2.59. The molecule has 8 fully saturated rings. The highest BCUT2D eigenvalue weighted by molar-refractivity contribution is 8.93. The molecule has 0 aromatic carbocycles. The minimum atomic E-state index is 0. The van der Waals surface area contributed by atoms with Gasteiger partial charge in [-0.25, -0.2) is 9.13 Å². The van der Waals surface area contributed by atoms with Crippen LogP contribution in [0.2, 0.25) is 0 Å². The molecule has 2 nitrogen and oxygen atoms in total. The van der Waals surface area contributed by atoms with Gasteiger partial charge in [-0.1, -0.05) is 0 Å². The average Bonchev–Trinajstić information content (AvgIpc) is 3.04. The molecule has 4 heteroatoms. The molecule has 0 spiro atoms. The maximum Gasteiger partial charge on any atom is 0.244 e. The van der Waals surface area contributed by atoms with E-state index in [2.05, 4.69) is 27.9 Å². The van der Waals surface area contributed by atoms with Crippen LogP contribution in [0.3, 0.4) is 0 Å². The molecule has 1 aromatic heterocycles. The lowest BCUT2D eigenvalue weighted by atomic mass is 9.53. The van der Waals surface area contributed by atoms with Gasteiger partial charge in [-0.15, -0.1) is 34.0 Å². The van der Waals surface area contributed by atoms with Gasteiger partial charge in [0.2, 0.25) is 6.33 Å². The summed E-state index contributed by atoms with van der Waals surface area (Å²) in [6, 6.07) is 0. The number of rotatable bonds is 2. The summed E-state index contributed by atoms with van der Waals surface area (Å²) in [5, 5.41) is 0. The fourth-order valence-electron chi connectivity index (χ4n) is 9.68. The summed E-state index contributed by atoms with van der Waals surface area (Å²) in [5.74, 6) is 6.26. The van der Waals surface area contributed by atoms with Crippen LogP contribution in [0, 0.1) is 35.5 Å².